The van der Waals surface area contributed by atoms with E-state index in [0.717, 1.165) is 12.1 Å². The zero-order valence-electron chi connectivity index (χ0n) is 11.6. The first-order valence-electron chi connectivity index (χ1n) is 6.35. The maximum Gasteiger partial charge on any atom is 0.416 e. The Morgan fingerprint density at radius 3 is 1.90 bits per heavy atom. The fraction of sp³-hybridized carbons (Fsp3) is 0.250. The average Bonchev–Trinajstić information content (AvgIpc) is 2.37. The van der Waals surface area contributed by atoms with Crippen molar-refractivity contribution >= 4 is 0 Å². The predicted octanol–water partition coefficient (Wildman–Crippen LogP) is 4.38. The van der Waals surface area contributed by atoms with Gasteiger partial charge in [0.25, 0.3) is 0 Å². The largest absolute Gasteiger partial charge is 0.416 e. The summed E-state index contributed by atoms with van der Waals surface area (Å²) in [7, 11) is 0. The number of halogens is 4. The summed E-state index contributed by atoms with van der Waals surface area (Å²) in [6.45, 7) is 3.27. The Morgan fingerprint density at radius 1 is 0.905 bits per heavy atom. The summed E-state index contributed by atoms with van der Waals surface area (Å²) in [5, 5.41) is 0. The zero-order chi connectivity index (χ0) is 15.8. The maximum atomic E-state index is 13.0. The van der Waals surface area contributed by atoms with Crippen LogP contribution in [-0.2, 0) is 11.7 Å². The molecule has 1 unspecified atom stereocenters. The minimum Gasteiger partial charge on any atom is -0.318 e. The zero-order valence-corrected chi connectivity index (χ0v) is 11.6. The van der Waals surface area contributed by atoms with Crippen molar-refractivity contribution in [2.24, 2.45) is 5.73 Å². The van der Waals surface area contributed by atoms with Gasteiger partial charge in [-0.1, -0.05) is 18.2 Å². The Kier molecular flexibility index (Phi) is 3.80. The summed E-state index contributed by atoms with van der Waals surface area (Å²) in [6, 6.07) is 9.08. The molecule has 0 spiro atoms. The molecule has 0 aliphatic heterocycles. The van der Waals surface area contributed by atoms with Crippen molar-refractivity contribution in [1.82, 2.24) is 0 Å². The molecule has 2 aromatic carbocycles. The Morgan fingerprint density at radius 2 is 1.43 bits per heavy atom. The molecule has 0 saturated carbocycles. The van der Waals surface area contributed by atoms with Crippen LogP contribution >= 0.6 is 0 Å². The van der Waals surface area contributed by atoms with Gasteiger partial charge in [0.1, 0.15) is 5.82 Å². The molecule has 1 nitrogen and oxygen atoms in total. The number of hydrogen-bond donors (Lipinski definition) is 1. The minimum atomic E-state index is -4.38. The molecule has 0 heterocycles. The second-order valence-corrected chi connectivity index (χ2v) is 5.24. The normalized spacial score (nSPS) is 14.8. The van der Waals surface area contributed by atoms with Crippen LogP contribution in [0.3, 0.4) is 0 Å². The molecule has 1 atom stereocenters. The van der Waals surface area contributed by atoms with Gasteiger partial charge in [-0.2, -0.15) is 13.2 Å². The van der Waals surface area contributed by atoms with E-state index in [9.17, 15) is 17.6 Å². The lowest BCUT2D eigenvalue weighted by Crippen LogP contribution is -2.35. The van der Waals surface area contributed by atoms with E-state index in [4.69, 9.17) is 5.73 Å². The average molecular weight is 297 g/mol. The van der Waals surface area contributed by atoms with Crippen LogP contribution in [0.4, 0.5) is 17.6 Å². The van der Waals surface area contributed by atoms with Crippen LogP contribution in [0.5, 0.6) is 0 Å². The predicted molar refractivity (Wildman–Crippen MR) is 73.2 cm³/mol. The highest BCUT2D eigenvalue weighted by atomic mass is 19.4. The second-order valence-electron chi connectivity index (χ2n) is 5.24. The van der Waals surface area contributed by atoms with Crippen molar-refractivity contribution in [1.29, 1.82) is 0 Å². The molecule has 0 fully saturated rings. The van der Waals surface area contributed by atoms with E-state index >= 15 is 0 Å². The van der Waals surface area contributed by atoms with Crippen molar-refractivity contribution in [2.45, 2.75) is 25.6 Å². The van der Waals surface area contributed by atoms with Gasteiger partial charge < -0.3 is 5.73 Å². The van der Waals surface area contributed by atoms with E-state index < -0.39 is 23.1 Å². The number of nitrogens with two attached hydrogens (primary N) is 1. The smallest absolute Gasteiger partial charge is 0.318 e. The molecule has 0 aliphatic rings. The van der Waals surface area contributed by atoms with E-state index in [2.05, 4.69) is 0 Å². The lowest BCUT2D eigenvalue weighted by molar-refractivity contribution is -0.137. The SMILES string of the molecule is Cc1cc(C(F)(F)F)ccc1C(C)(N)c1ccc(F)cc1. The van der Waals surface area contributed by atoms with Gasteiger partial charge in [0.05, 0.1) is 11.1 Å². The Labute approximate surface area is 120 Å². The first-order valence-corrected chi connectivity index (χ1v) is 6.35. The second kappa shape index (κ2) is 5.15. The summed E-state index contributed by atoms with van der Waals surface area (Å²) in [5.41, 5.74) is 6.20. The van der Waals surface area contributed by atoms with Gasteiger partial charge in [0.15, 0.2) is 0 Å². The van der Waals surface area contributed by atoms with Gasteiger partial charge in [0, 0.05) is 0 Å². The van der Waals surface area contributed by atoms with Crippen molar-refractivity contribution in [2.75, 3.05) is 0 Å². The van der Waals surface area contributed by atoms with Crippen LogP contribution in [-0.4, -0.2) is 0 Å². The molecule has 2 aromatic rings. The van der Waals surface area contributed by atoms with Gasteiger partial charge >= 0.3 is 6.18 Å². The molecule has 0 aliphatic carbocycles. The third kappa shape index (κ3) is 3.08. The molecule has 2 N–H and O–H groups in total. The van der Waals surface area contributed by atoms with Crippen LogP contribution in [0.15, 0.2) is 42.5 Å². The van der Waals surface area contributed by atoms with E-state index in [0.29, 0.717) is 16.7 Å². The lowest BCUT2D eigenvalue weighted by Gasteiger charge is -2.28. The molecule has 0 saturated heterocycles. The molecule has 0 radical (unpaired) electrons. The third-order valence-electron chi connectivity index (χ3n) is 3.56. The van der Waals surface area contributed by atoms with Crippen LogP contribution in [0.25, 0.3) is 0 Å². The van der Waals surface area contributed by atoms with Crippen molar-refractivity contribution in [3.8, 4) is 0 Å². The van der Waals surface area contributed by atoms with Gasteiger partial charge in [-0.15, -0.1) is 0 Å². The highest BCUT2D eigenvalue weighted by Crippen LogP contribution is 2.34. The number of alkyl halides is 3. The Balaban J connectivity index is 2.47. The molecule has 0 aromatic heterocycles. The highest BCUT2D eigenvalue weighted by Gasteiger charge is 2.32. The van der Waals surface area contributed by atoms with Crippen molar-refractivity contribution in [3.05, 3.63) is 70.5 Å². The molecular formula is C16H15F4N. The fourth-order valence-electron chi connectivity index (χ4n) is 2.37. The molecular weight excluding hydrogens is 282 g/mol. The molecule has 112 valence electrons. The summed E-state index contributed by atoms with van der Waals surface area (Å²) in [4.78, 5) is 0. The van der Waals surface area contributed by atoms with Gasteiger partial charge in [0.2, 0.25) is 0 Å². The fourth-order valence-corrected chi connectivity index (χ4v) is 2.37. The first-order chi connectivity index (χ1) is 9.62. The molecule has 21 heavy (non-hydrogen) atoms. The topological polar surface area (TPSA) is 26.0 Å². The van der Waals surface area contributed by atoms with Crippen molar-refractivity contribution in [3.63, 3.8) is 0 Å². The van der Waals surface area contributed by atoms with Crippen LogP contribution in [0.2, 0.25) is 0 Å². The maximum absolute atomic E-state index is 13.0. The van der Waals surface area contributed by atoms with Gasteiger partial charge in [-0.3, -0.25) is 0 Å². The van der Waals surface area contributed by atoms with Crippen molar-refractivity contribution < 1.29 is 17.6 Å². The lowest BCUT2D eigenvalue weighted by atomic mass is 9.83. The third-order valence-corrected chi connectivity index (χ3v) is 3.56. The van der Waals surface area contributed by atoms with Crippen LogP contribution in [0.1, 0.15) is 29.2 Å². The van der Waals surface area contributed by atoms with Gasteiger partial charge in [-0.05, 0) is 54.8 Å². The summed E-state index contributed by atoms with van der Waals surface area (Å²) in [6.07, 6.45) is -4.38. The summed E-state index contributed by atoms with van der Waals surface area (Å²) in [5.74, 6) is -0.390. The van der Waals surface area contributed by atoms with E-state index in [1.807, 2.05) is 0 Å². The molecule has 5 heteroatoms. The minimum absolute atomic E-state index is 0.390. The van der Waals surface area contributed by atoms with Crippen LogP contribution in [0, 0.1) is 12.7 Å². The van der Waals surface area contributed by atoms with Crippen LogP contribution < -0.4 is 5.73 Å². The Bertz CT molecular complexity index is 642. The standard InChI is InChI=1S/C16H15F4N/c1-10-9-12(16(18,19)20)5-8-14(10)15(2,21)11-3-6-13(17)7-4-11/h3-9H,21H2,1-2H3. The number of hydrogen-bond acceptors (Lipinski definition) is 1. The van der Waals surface area contributed by atoms with E-state index in [1.54, 1.807) is 13.8 Å². The molecule has 2 rings (SSSR count). The van der Waals surface area contributed by atoms with E-state index in [1.165, 1.54) is 30.3 Å². The number of benzene rings is 2. The number of rotatable bonds is 2. The quantitative estimate of drug-likeness (QED) is 0.818. The van der Waals surface area contributed by atoms with Gasteiger partial charge in [-0.25, -0.2) is 4.39 Å². The summed E-state index contributed by atoms with van der Waals surface area (Å²) < 4.78 is 51.0. The molecule has 0 amide bonds. The van der Waals surface area contributed by atoms with E-state index in [-0.39, 0.29) is 0 Å². The highest BCUT2D eigenvalue weighted by molar-refractivity contribution is 5.43. The first kappa shape index (κ1) is 15.5. The summed E-state index contributed by atoms with van der Waals surface area (Å²) >= 11 is 0. The monoisotopic (exact) mass is 297 g/mol. The molecule has 0 bridgehead atoms. The Hall–Kier alpha value is -1.88. The number of aryl methyl sites for hydroxylation is 1.